The Kier molecular flexibility index (Phi) is 7.97. The number of hydrogen-bond acceptors (Lipinski definition) is 8. The lowest BCUT2D eigenvalue weighted by Gasteiger charge is -2.52. The number of halogens is 1. The number of nitrogens with zero attached hydrogens (tertiary/aromatic N) is 2. The molecule has 3 aliphatic heterocycles. The number of methoxy groups -OCH3 is 3. The molecule has 3 aromatic carbocycles. The average Bonchev–Trinajstić information content (AvgIpc) is 3.32. The van der Waals surface area contributed by atoms with E-state index in [0.29, 0.717) is 30.0 Å². The van der Waals surface area contributed by atoms with Crippen LogP contribution in [0, 0.1) is 11.7 Å². The Labute approximate surface area is 265 Å². The van der Waals surface area contributed by atoms with Gasteiger partial charge in [-0.05, 0) is 71.7 Å². The molecule has 3 aromatic rings. The van der Waals surface area contributed by atoms with Gasteiger partial charge in [0.1, 0.15) is 22.7 Å². The van der Waals surface area contributed by atoms with Crippen molar-refractivity contribution in [2.24, 2.45) is 5.92 Å². The highest BCUT2D eigenvalue weighted by atomic mass is 19.1. The molecule has 46 heavy (non-hydrogen) atoms. The van der Waals surface area contributed by atoms with Gasteiger partial charge in [0.15, 0.2) is 5.78 Å². The second-order valence-corrected chi connectivity index (χ2v) is 11.4. The average molecular weight is 625 g/mol. The molecular formula is C36H33FN2O7. The maximum absolute atomic E-state index is 15.4. The lowest BCUT2D eigenvalue weighted by molar-refractivity contribution is -0.144. The number of benzene rings is 3. The standard InChI is InChI=1S/C36H33FN2O7/c1-5-6-18-38-27-16-13-23(37)20-26(27)36(35(38)43)29(31(40)22-11-14-24(44-2)15-12-22)28(33(41)45-3)30(34(42)46-4)39-19-17-21-9-7-8-10-25(21)32(36)39/h7-17,19-20,29,32H,5-6,18H2,1-4H3/t29?,32-,36+/m0/s1. The van der Waals surface area contributed by atoms with Gasteiger partial charge in [-0.2, -0.15) is 0 Å². The first-order valence-corrected chi connectivity index (χ1v) is 15.0. The third kappa shape index (κ3) is 4.42. The summed E-state index contributed by atoms with van der Waals surface area (Å²) >= 11 is 0. The molecule has 0 bridgehead atoms. The van der Waals surface area contributed by atoms with Crippen LogP contribution in [-0.2, 0) is 29.3 Å². The fourth-order valence-corrected chi connectivity index (χ4v) is 7.14. The van der Waals surface area contributed by atoms with Crippen LogP contribution in [0.5, 0.6) is 5.75 Å². The van der Waals surface area contributed by atoms with Crippen LogP contribution in [0.25, 0.3) is 6.08 Å². The minimum absolute atomic E-state index is 0.154. The van der Waals surface area contributed by atoms with Crippen molar-refractivity contribution in [2.45, 2.75) is 31.2 Å². The Balaban J connectivity index is 1.79. The summed E-state index contributed by atoms with van der Waals surface area (Å²) in [5, 5.41) is 0. The van der Waals surface area contributed by atoms with Crippen molar-refractivity contribution in [3.05, 3.63) is 112 Å². The molecule has 236 valence electrons. The van der Waals surface area contributed by atoms with E-state index in [9.17, 15) is 9.59 Å². The molecule has 1 spiro atoms. The number of carbonyl (C=O) groups is 4. The summed E-state index contributed by atoms with van der Waals surface area (Å²) in [7, 11) is 3.80. The first-order chi connectivity index (χ1) is 22.2. The number of ketones is 1. The highest BCUT2D eigenvalue weighted by Gasteiger charge is 2.69. The molecule has 3 heterocycles. The van der Waals surface area contributed by atoms with Crippen LogP contribution in [0.2, 0.25) is 0 Å². The predicted octanol–water partition coefficient (Wildman–Crippen LogP) is 5.36. The molecule has 0 aliphatic carbocycles. The monoisotopic (exact) mass is 624 g/mol. The van der Waals surface area contributed by atoms with Gasteiger partial charge in [0.25, 0.3) is 0 Å². The Hall–Kier alpha value is -5.25. The molecule has 0 saturated carbocycles. The number of carbonyl (C=O) groups excluding carboxylic acids is 4. The summed E-state index contributed by atoms with van der Waals surface area (Å²) in [5.74, 6) is -4.76. The van der Waals surface area contributed by atoms with Crippen LogP contribution in [0.4, 0.5) is 10.1 Å². The Morgan fingerprint density at radius 3 is 2.33 bits per heavy atom. The molecule has 9 nitrogen and oxygen atoms in total. The zero-order valence-corrected chi connectivity index (χ0v) is 25.9. The predicted molar refractivity (Wildman–Crippen MR) is 167 cm³/mol. The highest BCUT2D eigenvalue weighted by molar-refractivity contribution is 6.19. The van der Waals surface area contributed by atoms with Crippen LogP contribution in [0.1, 0.15) is 52.9 Å². The van der Waals surface area contributed by atoms with E-state index in [2.05, 4.69) is 0 Å². The van der Waals surface area contributed by atoms with Crippen molar-refractivity contribution in [1.82, 2.24) is 4.90 Å². The molecule has 0 N–H and O–H groups in total. The minimum Gasteiger partial charge on any atom is -0.497 e. The van der Waals surface area contributed by atoms with Crippen LogP contribution >= 0.6 is 0 Å². The van der Waals surface area contributed by atoms with E-state index >= 15 is 14.0 Å². The topological polar surface area (TPSA) is 102 Å². The summed E-state index contributed by atoms with van der Waals surface area (Å²) in [6.45, 7) is 2.29. The van der Waals surface area contributed by atoms with Gasteiger partial charge in [0.05, 0.1) is 38.9 Å². The van der Waals surface area contributed by atoms with Crippen molar-refractivity contribution in [1.29, 1.82) is 0 Å². The molecule has 10 heteroatoms. The second-order valence-electron chi connectivity index (χ2n) is 11.4. The smallest absolute Gasteiger partial charge is 0.355 e. The van der Waals surface area contributed by atoms with E-state index < -0.39 is 46.8 Å². The maximum Gasteiger partial charge on any atom is 0.355 e. The Morgan fingerprint density at radius 1 is 0.935 bits per heavy atom. The van der Waals surface area contributed by atoms with Crippen LogP contribution < -0.4 is 9.64 Å². The number of ether oxygens (including phenoxy) is 3. The number of fused-ring (bicyclic) bond motifs is 6. The number of hydrogen-bond donors (Lipinski definition) is 0. The maximum atomic E-state index is 15.4. The van der Waals surface area contributed by atoms with Crippen LogP contribution in [0.3, 0.4) is 0 Å². The van der Waals surface area contributed by atoms with Crippen molar-refractivity contribution < 1.29 is 37.8 Å². The van der Waals surface area contributed by atoms with Gasteiger partial charge in [0, 0.05) is 24.0 Å². The summed E-state index contributed by atoms with van der Waals surface area (Å²) < 4.78 is 31.1. The van der Waals surface area contributed by atoms with Crippen LogP contribution in [0.15, 0.2) is 84.2 Å². The van der Waals surface area contributed by atoms with E-state index in [-0.39, 0.29) is 22.4 Å². The number of Topliss-reactive ketones (excluding diaryl/α,β-unsaturated/α-hetero) is 1. The van der Waals surface area contributed by atoms with E-state index in [1.165, 1.54) is 49.5 Å². The third-order valence-electron chi connectivity index (χ3n) is 9.12. The van der Waals surface area contributed by atoms with Crippen molar-refractivity contribution >= 4 is 35.4 Å². The molecule has 1 unspecified atom stereocenters. The van der Waals surface area contributed by atoms with E-state index in [0.717, 1.165) is 19.1 Å². The molecule has 3 aliphatic rings. The first-order valence-electron chi connectivity index (χ1n) is 15.0. The molecular weight excluding hydrogens is 591 g/mol. The third-order valence-corrected chi connectivity index (χ3v) is 9.12. The SMILES string of the molecule is CCCCN1C(=O)[C@]2(c3cc(F)ccc31)C(C(=O)c1ccc(OC)cc1)C(C(=O)OC)=C(C(=O)OC)N1C=Cc3ccccc3[C@H]12. The molecule has 3 atom stereocenters. The zero-order chi connectivity index (χ0) is 32.7. The Morgan fingerprint density at radius 2 is 1.65 bits per heavy atom. The zero-order valence-electron chi connectivity index (χ0n) is 25.9. The minimum atomic E-state index is -1.91. The summed E-state index contributed by atoms with van der Waals surface area (Å²) in [6, 6.07) is 16.6. The molecule has 0 aromatic heterocycles. The normalized spacial score (nSPS) is 21.1. The van der Waals surface area contributed by atoms with Crippen LogP contribution in [-0.4, -0.2) is 56.4 Å². The van der Waals surface area contributed by atoms with Gasteiger partial charge in [-0.15, -0.1) is 0 Å². The summed E-state index contributed by atoms with van der Waals surface area (Å²) in [4.78, 5) is 61.1. The lowest BCUT2D eigenvalue weighted by Crippen LogP contribution is -2.61. The molecule has 0 fully saturated rings. The number of unbranched alkanes of at least 4 members (excludes halogenated alkanes) is 1. The van der Waals surface area contributed by atoms with Gasteiger partial charge in [-0.1, -0.05) is 37.6 Å². The number of rotatable bonds is 8. The molecule has 6 rings (SSSR count). The number of amides is 1. The summed E-state index contributed by atoms with van der Waals surface area (Å²) in [6.07, 6.45) is 4.75. The molecule has 0 radical (unpaired) electrons. The van der Waals surface area contributed by atoms with Gasteiger partial charge < -0.3 is 24.0 Å². The van der Waals surface area contributed by atoms with Crippen molar-refractivity contribution in [3.8, 4) is 5.75 Å². The highest BCUT2D eigenvalue weighted by Crippen LogP contribution is 2.62. The lowest BCUT2D eigenvalue weighted by atomic mass is 9.56. The first kappa shape index (κ1) is 30.8. The van der Waals surface area contributed by atoms with E-state index in [1.807, 2.05) is 25.1 Å². The largest absolute Gasteiger partial charge is 0.497 e. The van der Waals surface area contributed by atoms with Gasteiger partial charge >= 0.3 is 11.9 Å². The van der Waals surface area contributed by atoms with Gasteiger partial charge in [-0.25, -0.2) is 14.0 Å². The fraction of sp³-hybridized carbons (Fsp3) is 0.278. The number of anilines is 1. The quantitative estimate of drug-likeness (QED) is 0.244. The Bertz CT molecular complexity index is 1810. The second kappa shape index (κ2) is 11.9. The fourth-order valence-electron chi connectivity index (χ4n) is 7.14. The van der Waals surface area contributed by atoms with Crippen molar-refractivity contribution in [3.63, 3.8) is 0 Å². The summed E-state index contributed by atoms with van der Waals surface area (Å²) in [5.41, 5.74) is -0.315. The molecule has 1 amide bonds. The van der Waals surface area contributed by atoms with E-state index in [4.69, 9.17) is 14.2 Å². The van der Waals surface area contributed by atoms with Gasteiger partial charge in [0.2, 0.25) is 5.91 Å². The van der Waals surface area contributed by atoms with Crippen molar-refractivity contribution in [2.75, 3.05) is 32.8 Å². The van der Waals surface area contributed by atoms with E-state index in [1.54, 1.807) is 35.4 Å². The van der Waals surface area contributed by atoms with Gasteiger partial charge in [-0.3, -0.25) is 9.59 Å². The number of esters is 2. The molecule has 0 saturated heterocycles.